The van der Waals surface area contributed by atoms with Crippen LogP contribution in [0.15, 0.2) is 6.07 Å². The van der Waals surface area contributed by atoms with Gasteiger partial charge in [0.25, 0.3) is 0 Å². The maximum atomic E-state index is 5.57. The predicted molar refractivity (Wildman–Crippen MR) is 66.8 cm³/mol. The van der Waals surface area contributed by atoms with E-state index in [1.54, 1.807) is 7.11 Å². The fourth-order valence-corrected chi connectivity index (χ4v) is 2.79. The molecule has 2 atom stereocenters. The van der Waals surface area contributed by atoms with Crippen LogP contribution in [-0.2, 0) is 4.74 Å². The third-order valence-corrected chi connectivity index (χ3v) is 3.59. The van der Waals surface area contributed by atoms with E-state index >= 15 is 0 Å². The molecule has 6 heteroatoms. The van der Waals surface area contributed by atoms with Crippen molar-refractivity contribution < 1.29 is 9.47 Å². The van der Waals surface area contributed by atoms with Crippen molar-refractivity contribution in [2.24, 2.45) is 0 Å². The molecule has 2 unspecified atom stereocenters. The van der Waals surface area contributed by atoms with Crippen LogP contribution in [0.3, 0.4) is 0 Å². The molecule has 3 rings (SSSR count). The highest BCUT2D eigenvalue weighted by Gasteiger charge is 2.39. The normalized spacial score (nSPS) is 27.5. The van der Waals surface area contributed by atoms with E-state index in [1.807, 2.05) is 6.07 Å². The summed E-state index contributed by atoms with van der Waals surface area (Å²) >= 11 is 2.18. The van der Waals surface area contributed by atoms with Gasteiger partial charge in [0, 0.05) is 12.6 Å². The molecular weight excluding hydrogens is 321 g/mol. The number of ether oxygens (including phenoxy) is 2. The van der Waals surface area contributed by atoms with Gasteiger partial charge in [-0.2, -0.15) is 9.97 Å². The topological polar surface area (TPSA) is 47.5 Å². The van der Waals surface area contributed by atoms with Crippen LogP contribution in [-0.4, -0.2) is 42.4 Å². The molecule has 86 valence electrons. The van der Waals surface area contributed by atoms with Crippen molar-refractivity contribution in [2.75, 3.05) is 25.2 Å². The smallest absolute Gasteiger partial charge is 0.319 e. The summed E-state index contributed by atoms with van der Waals surface area (Å²) in [7, 11) is 1.59. The zero-order chi connectivity index (χ0) is 11.1. The van der Waals surface area contributed by atoms with Crippen molar-refractivity contribution in [3.8, 4) is 6.01 Å². The lowest BCUT2D eigenvalue weighted by Gasteiger charge is -2.27. The lowest BCUT2D eigenvalue weighted by atomic mass is 10.2. The van der Waals surface area contributed by atoms with Gasteiger partial charge in [-0.15, -0.1) is 0 Å². The van der Waals surface area contributed by atoms with Gasteiger partial charge >= 0.3 is 6.01 Å². The van der Waals surface area contributed by atoms with Gasteiger partial charge in [0.05, 0.1) is 25.9 Å². The average Bonchev–Trinajstić information content (AvgIpc) is 2.89. The first kappa shape index (κ1) is 10.5. The second-order valence-electron chi connectivity index (χ2n) is 4.03. The average molecular weight is 333 g/mol. The highest BCUT2D eigenvalue weighted by atomic mass is 127. The van der Waals surface area contributed by atoms with Crippen molar-refractivity contribution >= 4 is 28.4 Å². The van der Waals surface area contributed by atoms with Crippen molar-refractivity contribution in [1.29, 1.82) is 0 Å². The van der Waals surface area contributed by atoms with Crippen molar-refractivity contribution in [3.63, 3.8) is 0 Å². The molecule has 2 aliphatic heterocycles. The summed E-state index contributed by atoms with van der Waals surface area (Å²) in [6, 6.07) is 2.90. The van der Waals surface area contributed by atoms with E-state index in [0.717, 1.165) is 29.1 Å². The molecule has 2 saturated heterocycles. The molecule has 3 heterocycles. The molecule has 0 aromatic carbocycles. The second-order valence-corrected chi connectivity index (χ2v) is 5.14. The van der Waals surface area contributed by atoms with Crippen molar-refractivity contribution in [1.82, 2.24) is 9.97 Å². The summed E-state index contributed by atoms with van der Waals surface area (Å²) in [4.78, 5) is 10.9. The Bertz CT molecular complexity index is 415. The molecular formula is C10H12IN3O2. The largest absolute Gasteiger partial charge is 0.467 e. The summed E-state index contributed by atoms with van der Waals surface area (Å²) < 4.78 is 11.6. The number of halogens is 1. The minimum atomic E-state index is 0.378. The highest BCUT2D eigenvalue weighted by molar-refractivity contribution is 14.1. The molecule has 1 aromatic heterocycles. The number of rotatable bonds is 2. The summed E-state index contributed by atoms with van der Waals surface area (Å²) in [6.45, 7) is 1.74. The number of aromatic nitrogens is 2. The third-order valence-electron chi connectivity index (χ3n) is 3.04. The summed E-state index contributed by atoms with van der Waals surface area (Å²) in [5.41, 5.74) is 0. The van der Waals surface area contributed by atoms with Crippen LogP contribution in [0.25, 0.3) is 0 Å². The van der Waals surface area contributed by atoms with Crippen LogP contribution in [0.2, 0.25) is 0 Å². The first-order chi connectivity index (χ1) is 7.76. The third kappa shape index (κ3) is 1.73. The molecule has 2 fully saturated rings. The van der Waals surface area contributed by atoms with Crippen LogP contribution in [0.5, 0.6) is 6.01 Å². The Morgan fingerprint density at radius 2 is 2.44 bits per heavy atom. The van der Waals surface area contributed by atoms with Gasteiger partial charge in [-0.1, -0.05) is 0 Å². The van der Waals surface area contributed by atoms with E-state index in [1.165, 1.54) is 0 Å². The van der Waals surface area contributed by atoms with Crippen molar-refractivity contribution in [3.05, 3.63) is 9.77 Å². The Kier molecular flexibility index (Phi) is 2.62. The number of anilines is 1. The predicted octanol–water partition coefficient (Wildman–Crippen LogP) is 1.07. The molecule has 0 radical (unpaired) electrons. The number of methoxy groups -OCH3 is 1. The standard InChI is InChI=1S/C10H12IN3O2/c1-15-10-12-8(11)3-9(13-10)14-4-7-2-6(14)5-16-7/h3,6-7H,2,4-5H2,1H3. The number of fused-ring (bicyclic) bond motifs is 2. The molecule has 2 aliphatic rings. The van der Waals surface area contributed by atoms with Gasteiger partial charge in [-0.05, 0) is 29.0 Å². The summed E-state index contributed by atoms with van der Waals surface area (Å²) in [5.74, 6) is 0.951. The van der Waals surface area contributed by atoms with E-state index in [2.05, 4.69) is 37.5 Å². The maximum absolute atomic E-state index is 5.57. The Balaban J connectivity index is 1.91. The number of hydrogen-bond donors (Lipinski definition) is 0. The highest BCUT2D eigenvalue weighted by Crippen LogP contribution is 2.32. The molecule has 0 saturated carbocycles. The maximum Gasteiger partial charge on any atom is 0.319 e. The van der Waals surface area contributed by atoms with Crippen LogP contribution in [0.1, 0.15) is 6.42 Å². The number of hydrogen-bond acceptors (Lipinski definition) is 5. The van der Waals surface area contributed by atoms with E-state index in [4.69, 9.17) is 9.47 Å². The van der Waals surface area contributed by atoms with Crippen LogP contribution >= 0.6 is 22.6 Å². The number of morpholine rings is 1. The quantitative estimate of drug-likeness (QED) is 0.599. The van der Waals surface area contributed by atoms with Crippen LogP contribution in [0, 0.1) is 3.70 Å². The molecule has 2 bridgehead atoms. The van der Waals surface area contributed by atoms with Crippen LogP contribution in [0.4, 0.5) is 5.82 Å². The van der Waals surface area contributed by atoms with E-state index in [-0.39, 0.29) is 0 Å². The van der Waals surface area contributed by atoms with Crippen molar-refractivity contribution in [2.45, 2.75) is 18.6 Å². The lowest BCUT2D eigenvalue weighted by molar-refractivity contribution is 0.0988. The van der Waals surface area contributed by atoms with Gasteiger partial charge in [-0.3, -0.25) is 0 Å². The van der Waals surface area contributed by atoms with Crippen LogP contribution < -0.4 is 9.64 Å². The first-order valence-corrected chi connectivity index (χ1v) is 6.31. The molecule has 5 nitrogen and oxygen atoms in total. The van der Waals surface area contributed by atoms with E-state index in [9.17, 15) is 0 Å². The second kappa shape index (κ2) is 3.99. The first-order valence-electron chi connectivity index (χ1n) is 5.23. The molecule has 0 N–H and O–H groups in total. The minimum Gasteiger partial charge on any atom is -0.467 e. The van der Waals surface area contributed by atoms with Gasteiger partial charge < -0.3 is 14.4 Å². The lowest BCUT2D eigenvalue weighted by Crippen LogP contribution is -2.37. The Morgan fingerprint density at radius 3 is 3.06 bits per heavy atom. The van der Waals surface area contributed by atoms with Gasteiger partial charge in [0.1, 0.15) is 9.52 Å². The zero-order valence-corrected chi connectivity index (χ0v) is 11.0. The Morgan fingerprint density at radius 1 is 1.56 bits per heavy atom. The minimum absolute atomic E-state index is 0.378. The fourth-order valence-electron chi connectivity index (χ4n) is 2.30. The van der Waals surface area contributed by atoms with E-state index < -0.39 is 0 Å². The van der Waals surface area contributed by atoms with Gasteiger partial charge in [0.2, 0.25) is 0 Å². The molecule has 0 amide bonds. The summed E-state index contributed by atoms with van der Waals surface area (Å²) in [6.07, 6.45) is 1.49. The van der Waals surface area contributed by atoms with E-state index in [0.29, 0.717) is 18.2 Å². The summed E-state index contributed by atoms with van der Waals surface area (Å²) in [5, 5.41) is 0. The fraction of sp³-hybridized carbons (Fsp3) is 0.600. The molecule has 16 heavy (non-hydrogen) atoms. The number of nitrogens with zero attached hydrogens (tertiary/aromatic N) is 3. The monoisotopic (exact) mass is 333 g/mol. The SMILES string of the molecule is COc1nc(I)cc(N2CC3CC2CO3)n1. The Hall–Kier alpha value is -0.630. The zero-order valence-electron chi connectivity index (χ0n) is 8.89. The van der Waals surface area contributed by atoms with Gasteiger partial charge in [-0.25, -0.2) is 0 Å². The van der Waals surface area contributed by atoms with Gasteiger partial charge in [0.15, 0.2) is 0 Å². The Labute approximate surface area is 107 Å². The molecule has 1 aromatic rings. The molecule has 0 spiro atoms. The molecule has 0 aliphatic carbocycles.